The number of benzene rings is 1. The SMILES string of the molecule is CCCNCCC1(Oc2ccccc2)CCC1. The van der Waals surface area contributed by atoms with Crippen LogP contribution in [0.1, 0.15) is 39.0 Å². The molecule has 2 nitrogen and oxygen atoms in total. The number of para-hydroxylation sites is 1. The van der Waals surface area contributed by atoms with Crippen molar-refractivity contribution in [2.45, 2.75) is 44.6 Å². The van der Waals surface area contributed by atoms with Gasteiger partial charge in [0.2, 0.25) is 0 Å². The van der Waals surface area contributed by atoms with Crippen molar-refractivity contribution in [1.29, 1.82) is 0 Å². The third-order valence-corrected chi connectivity index (χ3v) is 3.53. The Balaban J connectivity index is 1.82. The highest BCUT2D eigenvalue weighted by atomic mass is 16.5. The van der Waals surface area contributed by atoms with Crippen molar-refractivity contribution in [3.05, 3.63) is 30.3 Å². The van der Waals surface area contributed by atoms with E-state index in [4.69, 9.17) is 4.74 Å². The highest BCUT2D eigenvalue weighted by molar-refractivity contribution is 5.22. The van der Waals surface area contributed by atoms with Crippen LogP contribution in [0, 0.1) is 0 Å². The van der Waals surface area contributed by atoms with Crippen molar-refractivity contribution in [1.82, 2.24) is 5.32 Å². The Labute approximate surface area is 104 Å². The third kappa shape index (κ3) is 3.47. The van der Waals surface area contributed by atoms with Crippen LogP contribution in [0.2, 0.25) is 0 Å². The van der Waals surface area contributed by atoms with Gasteiger partial charge in [-0.2, -0.15) is 0 Å². The summed E-state index contributed by atoms with van der Waals surface area (Å²) in [6.07, 6.45) is 6.04. The van der Waals surface area contributed by atoms with Gasteiger partial charge < -0.3 is 10.1 Å². The van der Waals surface area contributed by atoms with Crippen molar-refractivity contribution < 1.29 is 4.74 Å². The van der Waals surface area contributed by atoms with Crippen molar-refractivity contribution >= 4 is 0 Å². The van der Waals surface area contributed by atoms with Gasteiger partial charge in [-0.05, 0) is 57.3 Å². The first-order valence-corrected chi connectivity index (χ1v) is 6.79. The second-order valence-electron chi connectivity index (χ2n) is 4.95. The monoisotopic (exact) mass is 233 g/mol. The third-order valence-electron chi connectivity index (χ3n) is 3.53. The molecule has 0 bridgehead atoms. The van der Waals surface area contributed by atoms with E-state index in [1.807, 2.05) is 18.2 Å². The maximum absolute atomic E-state index is 6.18. The summed E-state index contributed by atoms with van der Waals surface area (Å²) in [5.41, 5.74) is 0.113. The normalized spacial score (nSPS) is 17.5. The fourth-order valence-corrected chi connectivity index (χ4v) is 2.33. The van der Waals surface area contributed by atoms with Gasteiger partial charge in [-0.3, -0.25) is 0 Å². The Hall–Kier alpha value is -1.02. The van der Waals surface area contributed by atoms with E-state index >= 15 is 0 Å². The number of ether oxygens (including phenoxy) is 1. The van der Waals surface area contributed by atoms with Crippen LogP contribution in [0.3, 0.4) is 0 Å². The molecule has 0 heterocycles. The van der Waals surface area contributed by atoms with Gasteiger partial charge in [0.05, 0.1) is 0 Å². The van der Waals surface area contributed by atoms with Crippen LogP contribution in [0.25, 0.3) is 0 Å². The zero-order valence-corrected chi connectivity index (χ0v) is 10.7. The second-order valence-corrected chi connectivity index (χ2v) is 4.95. The average Bonchev–Trinajstić information content (AvgIpc) is 2.32. The van der Waals surface area contributed by atoms with Crippen LogP contribution in [0.4, 0.5) is 0 Å². The van der Waals surface area contributed by atoms with Crippen molar-refractivity contribution in [2.75, 3.05) is 13.1 Å². The molecule has 1 fully saturated rings. The molecule has 1 saturated carbocycles. The maximum Gasteiger partial charge on any atom is 0.120 e. The summed E-state index contributed by atoms with van der Waals surface area (Å²) >= 11 is 0. The molecule has 2 rings (SSSR count). The largest absolute Gasteiger partial charge is 0.487 e. The van der Waals surface area contributed by atoms with E-state index < -0.39 is 0 Å². The lowest BCUT2D eigenvalue weighted by atomic mass is 9.77. The van der Waals surface area contributed by atoms with Gasteiger partial charge >= 0.3 is 0 Å². The Morgan fingerprint density at radius 1 is 1.18 bits per heavy atom. The molecule has 0 saturated heterocycles. The van der Waals surface area contributed by atoms with Crippen molar-refractivity contribution in [3.8, 4) is 5.75 Å². The fourth-order valence-electron chi connectivity index (χ4n) is 2.33. The molecule has 0 atom stereocenters. The number of rotatable bonds is 7. The highest BCUT2D eigenvalue weighted by Gasteiger charge is 2.38. The van der Waals surface area contributed by atoms with Gasteiger partial charge in [-0.25, -0.2) is 0 Å². The topological polar surface area (TPSA) is 21.3 Å². The molecular formula is C15H23NO. The molecule has 1 N–H and O–H groups in total. The van der Waals surface area contributed by atoms with E-state index in [1.54, 1.807) is 0 Å². The molecule has 1 aliphatic rings. The minimum atomic E-state index is 0.113. The highest BCUT2D eigenvalue weighted by Crippen LogP contribution is 2.39. The van der Waals surface area contributed by atoms with Gasteiger partial charge in [-0.1, -0.05) is 25.1 Å². The molecule has 0 aliphatic heterocycles. The fraction of sp³-hybridized carbons (Fsp3) is 0.600. The molecule has 1 aliphatic carbocycles. The van der Waals surface area contributed by atoms with Crippen LogP contribution < -0.4 is 10.1 Å². The molecule has 2 heteroatoms. The summed E-state index contributed by atoms with van der Waals surface area (Å²) in [7, 11) is 0. The maximum atomic E-state index is 6.18. The van der Waals surface area contributed by atoms with E-state index in [0.29, 0.717) is 0 Å². The molecule has 0 spiro atoms. The molecule has 0 aromatic heterocycles. The van der Waals surface area contributed by atoms with E-state index in [-0.39, 0.29) is 5.60 Å². The van der Waals surface area contributed by atoms with Crippen LogP contribution in [0.15, 0.2) is 30.3 Å². The smallest absolute Gasteiger partial charge is 0.120 e. The first-order chi connectivity index (χ1) is 8.35. The molecule has 0 unspecified atom stereocenters. The van der Waals surface area contributed by atoms with Gasteiger partial charge in [0, 0.05) is 0 Å². The summed E-state index contributed by atoms with van der Waals surface area (Å²) in [5, 5.41) is 3.46. The Bertz CT molecular complexity index is 319. The van der Waals surface area contributed by atoms with Gasteiger partial charge in [0.15, 0.2) is 0 Å². The van der Waals surface area contributed by atoms with E-state index in [2.05, 4.69) is 24.4 Å². The lowest BCUT2D eigenvalue weighted by Gasteiger charge is -2.42. The van der Waals surface area contributed by atoms with Gasteiger partial charge in [-0.15, -0.1) is 0 Å². The summed E-state index contributed by atoms with van der Waals surface area (Å²) < 4.78 is 6.18. The van der Waals surface area contributed by atoms with Gasteiger partial charge in [0.1, 0.15) is 11.4 Å². The number of hydrogen-bond acceptors (Lipinski definition) is 2. The van der Waals surface area contributed by atoms with Crippen molar-refractivity contribution in [3.63, 3.8) is 0 Å². The zero-order valence-electron chi connectivity index (χ0n) is 10.7. The molecular weight excluding hydrogens is 210 g/mol. The van der Waals surface area contributed by atoms with E-state index in [9.17, 15) is 0 Å². The number of nitrogens with one attached hydrogen (secondary N) is 1. The first-order valence-electron chi connectivity index (χ1n) is 6.79. The van der Waals surface area contributed by atoms with Crippen LogP contribution in [0.5, 0.6) is 5.75 Å². The van der Waals surface area contributed by atoms with Gasteiger partial charge in [0.25, 0.3) is 0 Å². The Morgan fingerprint density at radius 3 is 2.53 bits per heavy atom. The standard InChI is InChI=1S/C15H23NO/c1-2-12-16-13-11-15(9-6-10-15)17-14-7-4-3-5-8-14/h3-5,7-8,16H,2,6,9-13H2,1H3. The van der Waals surface area contributed by atoms with Crippen molar-refractivity contribution in [2.24, 2.45) is 0 Å². The molecule has 0 radical (unpaired) electrons. The summed E-state index contributed by atoms with van der Waals surface area (Å²) in [5.74, 6) is 1.02. The average molecular weight is 233 g/mol. The van der Waals surface area contributed by atoms with Crippen LogP contribution in [-0.4, -0.2) is 18.7 Å². The minimum Gasteiger partial charge on any atom is -0.487 e. The Kier molecular flexibility index (Phi) is 4.43. The van der Waals surface area contributed by atoms with E-state index in [1.165, 1.54) is 25.7 Å². The predicted octanol–water partition coefficient (Wildman–Crippen LogP) is 3.38. The molecule has 94 valence electrons. The predicted molar refractivity (Wildman–Crippen MR) is 71.4 cm³/mol. The Morgan fingerprint density at radius 2 is 1.94 bits per heavy atom. The second kappa shape index (κ2) is 6.06. The molecule has 17 heavy (non-hydrogen) atoms. The molecule has 0 amide bonds. The summed E-state index contributed by atoms with van der Waals surface area (Å²) in [4.78, 5) is 0. The molecule has 1 aromatic carbocycles. The number of hydrogen-bond donors (Lipinski definition) is 1. The van der Waals surface area contributed by atoms with Crippen LogP contribution >= 0.6 is 0 Å². The van der Waals surface area contributed by atoms with Crippen LogP contribution in [-0.2, 0) is 0 Å². The van der Waals surface area contributed by atoms with E-state index in [0.717, 1.165) is 25.3 Å². The lowest BCUT2D eigenvalue weighted by Crippen LogP contribution is -2.45. The first kappa shape index (κ1) is 12.4. The summed E-state index contributed by atoms with van der Waals surface area (Å²) in [6, 6.07) is 10.2. The quantitative estimate of drug-likeness (QED) is 0.729. The molecule has 1 aromatic rings. The lowest BCUT2D eigenvalue weighted by molar-refractivity contribution is -0.0141. The minimum absolute atomic E-state index is 0.113. The summed E-state index contributed by atoms with van der Waals surface area (Å²) in [6.45, 7) is 4.38. The zero-order chi connectivity index (χ0) is 12.0.